The number of pyridine rings is 1. The average Bonchev–Trinajstić information content (AvgIpc) is 2.60. The van der Waals surface area contributed by atoms with Gasteiger partial charge in [0.25, 0.3) is 0 Å². The molecule has 0 amide bonds. The summed E-state index contributed by atoms with van der Waals surface area (Å²) in [6, 6.07) is 2.97. The lowest BCUT2D eigenvalue weighted by Crippen LogP contribution is -2.13. The highest BCUT2D eigenvalue weighted by molar-refractivity contribution is 5.61. The molecule has 1 aliphatic carbocycles. The molecule has 3 N–H and O–H groups in total. The summed E-state index contributed by atoms with van der Waals surface area (Å²) in [7, 11) is 0. The van der Waals surface area contributed by atoms with E-state index in [1.165, 1.54) is 12.1 Å². The first kappa shape index (κ1) is 12.6. The van der Waals surface area contributed by atoms with Crippen molar-refractivity contribution in [2.24, 2.45) is 10.8 Å². The Labute approximate surface area is 106 Å². The van der Waals surface area contributed by atoms with Gasteiger partial charge in [-0.2, -0.15) is 0 Å². The Kier molecular flexibility index (Phi) is 2.50. The smallest absolute Gasteiger partial charge is 0.311 e. The van der Waals surface area contributed by atoms with Gasteiger partial charge in [-0.25, -0.2) is 4.98 Å². The summed E-state index contributed by atoms with van der Waals surface area (Å²) in [5.74, 6) is 0.531. The van der Waals surface area contributed by atoms with E-state index in [2.05, 4.69) is 38.0 Å². The molecule has 1 saturated carbocycles. The van der Waals surface area contributed by atoms with Crippen molar-refractivity contribution < 1.29 is 4.92 Å². The fraction of sp³-hybridized carbons (Fsp3) is 0.583. The van der Waals surface area contributed by atoms with E-state index in [9.17, 15) is 10.1 Å². The maximum atomic E-state index is 10.9. The molecule has 1 heterocycles. The average molecular weight is 250 g/mol. The Morgan fingerprint density at radius 3 is 2.33 bits per heavy atom. The van der Waals surface area contributed by atoms with E-state index in [0.717, 1.165) is 0 Å². The zero-order valence-corrected chi connectivity index (χ0v) is 11.0. The number of nitro groups is 1. The first-order chi connectivity index (χ1) is 8.18. The number of nitrogen functional groups attached to an aromatic ring is 1. The minimum atomic E-state index is -0.447. The molecule has 1 aromatic rings. The summed E-state index contributed by atoms with van der Waals surface area (Å²) in [5, 5.41) is 14.1. The van der Waals surface area contributed by atoms with Gasteiger partial charge in [0.15, 0.2) is 0 Å². The third kappa shape index (κ3) is 1.68. The van der Waals surface area contributed by atoms with Gasteiger partial charge in [-0.3, -0.25) is 10.1 Å². The van der Waals surface area contributed by atoms with Crippen LogP contribution in [0.2, 0.25) is 0 Å². The standard InChI is InChI=1S/C12H18N4O2/c1-11(2)10(12(11,3)4)15-9-7(16(17)18)5-6-8(13)14-9/h5-6,10H,1-4H3,(H3,13,14,15). The van der Waals surface area contributed by atoms with Gasteiger partial charge in [0, 0.05) is 12.1 Å². The van der Waals surface area contributed by atoms with Crippen LogP contribution in [0, 0.1) is 20.9 Å². The van der Waals surface area contributed by atoms with Crippen molar-refractivity contribution in [3.63, 3.8) is 0 Å². The van der Waals surface area contributed by atoms with Crippen LogP contribution in [0.5, 0.6) is 0 Å². The minimum Gasteiger partial charge on any atom is -0.384 e. The minimum absolute atomic E-state index is 0.0392. The number of nitrogens with two attached hydrogens (primary N) is 1. The first-order valence-electron chi connectivity index (χ1n) is 5.85. The van der Waals surface area contributed by atoms with Crippen molar-refractivity contribution >= 4 is 17.3 Å². The Hall–Kier alpha value is -1.85. The number of rotatable bonds is 3. The van der Waals surface area contributed by atoms with Crippen LogP contribution in [-0.4, -0.2) is 15.9 Å². The number of nitrogens with one attached hydrogen (secondary N) is 1. The maximum absolute atomic E-state index is 10.9. The quantitative estimate of drug-likeness (QED) is 0.634. The molecule has 0 unspecified atom stereocenters. The molecule has 6 nitrogen and oxygen atoms in total. The number of anilines is 2. The Bertz CT molecular complexity index is 497. The number of nitrogens with zero attached hydrogens (tertiary/aromatic N) is 2. The van der Waals surface area contributed by atoms with Crippen molar-refractivity contribution in [2.75, 3.05) is 11.1 Å². The third-order valence-electron chi connectivity index (χ3n) is 4.39. The molecular weight excluding hydrogens is 232 g/mol. The Morgan fingerprint density at radius 2 is 1.89 bits per heavy atom. The van der Waals surface area contributed by atoms with Crippen LogP contribution in [0.15, 0.2) is 12.1 Å². The van der Waals surface area contributed by atoms with E-state index >= 15 is 0 Å². The van der Waals surface area contributed by atoms with Gasteiger partial charge in [-0.05, 0) is 16.9 Å². The molecule has 1 aromatic heterocycles. The normalized spacial score (nSPS) is 20.4. The lowest BCUT2D eigenvalue weighted by atomic mass is 10.0. The van der Waals surface area contributed by atoms with E-state index in [1.54, 1.807) is 0 Å². The largest absolute Gasteiger partial charge is 0.384 e. The van der Waals surface area contributed by atoms with Gasteiger partial charge in [0.2, 0.25) is 5.82 Å². The monoisotopic (exact) mass is 250 g/mol. The van der Waals surface area contributed by atoms with Crippen LogP contribution in [0.4, 0.5) is 17.3 Å². The summed E-state index contributed by atoms with van der Waals surface area (Å²) in [5.41, 5.74) is 5.70. The Balaban J connectivity index is 2.31. The molecule has 0 aromatic carbocycles. The summed E-state index contributed by atoms with van der Waals surface area (Å²) in [6.45, 7) is 8.51. The molecule has 0 saturated heterocycles. The maximum Gasteiger partial charge on any atom is 0.311 e. The SMILES string of the molecule is CC1(C)C(Nc2nc(N)ccc2[N+](=O)[O-])C1(C)C. The highest BCUT2D eigenvalue weighted by Gasteiger charge is 2.65. The molecule has 0 bridgehead atoms. The van der Waals surface area contributed by atoms with E-state index < -0.39 is 4.92 Å². The molecule has 1 fully saturated rings. The van der Waals surface area contributed by atoms with Gasteiger partial charge in [0.05, 0.1) is 4.92 Å². The van der Waals surface area contributed by atoms with Crippen molar-refractivity contribution in [1.82, 2.24) is 4.98 Å². The zero-order chi connectivity index (χ0) is 13.7. The van der Waals surface area contributed by atoms with Gasteiger partial charge in [-0.1, -0.05) is 27.7 Å². The predicted octanol–water partition coefficient (Wildman–Crippen LogP) is 2.42. The number of hydrogen-bond acceptors (Lipinski definition) is 5. The zero-order valence-electron chi connectivity index (χ0n) is 11.0. The fourth-order valence-corrected chi connectivity index (χ4v) is 2.41. The van der Waals surface area contributed by atoms with E-state index in [0.29, 0.717) is 0 Å². The molecule has 0 atom stereocenters. The fourth-order valence-electron chi connectivity index (χ4n) is 2.41. The highest BCUT2D eigenvalue weighted by atomic mass is 16.6. The lowest BCUT2D eigenvalue weighted by molar-refractivity contribution is -0.384. The van der Waals surface area contributed by atoms with E-state index in [4.69, 9.17) is 5.73 Å². The molecule has 0 aliphatic heterocycles. The van der Waals surface area contributed by atoms with Gasteiger partial charge in [0.1, 0.15) is 5.82 Å². The van der Waals surface area contributed by atoms with Crippen molar-refractivity contribution in [3.05, 3.63) is 22.2 Å². The molecule has 18 heavy (non-hydrogen) atoms. The lowest BCUT2D eigenvalue weighted by Gasteiger charge is -2.08. The number of hydrogen-bond donors (Lipinski definition) is 2. The Morgan fingerprint density at radius 1 is 1.33 bits per heavy atom. The van der Waals surface area contributed by atoms with Crippen molar-refractivity contribution in [3.8, 4) is 0 Å². The van der Waals surface area contributed by atoms with Crippen LogP contribution < -0.4 is 11.1 Å². The van der Waals surface area contributed by atoms with E-state index in [1.807, 2.05) is 0 Å². The second kappa shape index (κ2) is 3.57. The molecule has 0 spiro atoms. The van der Waals surface area contributed by atoms with E-state index in [-0.39, 0.29) is 34.2 Å². The van der Waals surface area contributed by atoms with Crippen molar-refractivity contribution in [2.45, 2.75) is 33.7 Å². The van der Waals surface area contributed by atoms with Crippen LogP contribution in [0.25, 0.3) is 0 Å². The molecule has 6 heteroatoms. The van der Waals surface area contributed by atoms with Crippen LogP contribution in [-0.2, 0) is 0 Å². The highest BCUT2D eigenvalue weighted by Crippen LogP contribution is 2.63. The van der Waals surface area contributed by atoms with Crippen LogP contribution >= 0.6 is 0 Å². The van der Waals surface area contributed by atoms with Gasteiger partial charge >= 0.3 is 5.69 Å². The van der Waals surface area contributed by atoms with Gasteiger partial charge in [-0.15, -0.1) is 0 Å². The second-order valence-corrected chi connectivity index (χ2v) is 5.88. The molecular formula is C12H18N4O2. The summed E-state index contributed by atoms with van der Waals surface area (Å²) < 4.78 is 0. The number of aromatic nitrogens is 1. The molecule has 1 aliphatic rings. The molecule has 0 radical (unpaired) electrons. The first-order valence-corrected chi connectivity index (χ1v) is 5.85. The molecule has 2 rings (SSSR count). The third-order valence-corrected chi connectivity index (χ3v) is 4.39. The van der Waals surface area contributed by atoms with Crippen molar-refractivity contribution in [1.29, 1.82) is 0 Å². The summed E-state index contributed by atoms with van der Waals surface area (Å²) >= 11 is 0. The summed E-state index contributed by atoms with van der Waals surface area (Å²) in [6.07, 6.45) is 0. The summed E-state index contributed by atoms with van der Waals surface area (Å²) in [4.78, 5) is 14.5. The van der Waals surface area contributed by atoms with Gasteiger partial charge < -0.3 is 11.1 Å². The second-order valence-electron chi connectivity index (χ2n) is 5.88. The topological polar surface area (TPSA) is 94.1 Å². The van der Waals surface area contributed by atoms with Crippen LogP contribution in [0.1, 0.15) is 27.7 Å². The van der Waals surface area contributed by atoms with Crippen LogP contribution in [0.3, 0.4) is 0 Å². The predicted molar refractivity (Wildman–Crippen MR) is 70.3 cm³/mol. The molecule has 98 valence electrons.